The Morgan fingerprint density at radius 1 is 1.39 bits per heavy atom. The smallest absolute Gasteiger partial charge is 0.372 e. The molecule has 0 amide bonds. The first-order valence-corrected chi connectivity index (χ1v) is 6.26. The van der Waals surface area contributed by atoms with Gasteiger partial charge in [0.05, 0.1) is 5.75 Å². The van der Waals surface area contributed by atoms with Gasteiger partial charge in [-0.3, -0.25) is 0 Å². The molecule has 1 N–H and O–H groups in total. The largest absolute Gasteiger partial charge is 0.475 e. The van der Waals surface area contributed by atoms with Gasteiger partial charge in [-0.25, -0.2) is 9.18 Å². The fraction of sp³-hybridized carbons (Fsp3) is 0.154. The minimum atomic E-state index is -1.06. The Kier molecular flexibility index (Phi) is 3.72. The molecule has 2 aromatic rings. The molecule has 18 heavy (non-hydrogen) atoms. The maximum absolute atomic E-state index is 12.7. The van der Waals surface area contributed by atoms with Crippen LogP contribution in [0.4, 0.5) is 4.39 Å². The summed E-state index contributed by atoms with van der Waals surface area (Å²) in [5.41, 5.74) is 0.609. The Labute approximate surface area is 108 Å². The maximum Gasteiger partial charge on any atom is 0.372 e. The van der Waals surface area contributed by atoms with Crippen LogP contribution in [0.5, 0.6) is 0 Å². The summed E-state index contributed by atoms with van der Waals surface area (Å²) in [5, 5.41) is 8.85. The molecular weight excluding hydrogens is 255 g/mol. The first-order valence-electron chi connectivity index (χ1n) is 5.27. The Hall–Kier alpha value is -1.75. The number of carbonyl (C=O) groups is 1. The normalized spacial score (nSPS) is 10.6. The molecule has 1 heterocycles. The number of hydrogen-bond donors (Lipinski definition) is 1. The highest BCUT2D eigenvalue weighted by molar-refractivity contribution is 7.98. The highest BCUT2D eigenvalue weighted by atomic mass is 32.2. The molecular formula is C13H11FO3S. The molecule has 0 fully saturated rings. The lowest BCUT2D eigenvalue weighted by molar-refractivity contribution is 0.0659. The van der Waals surface area contributed by atoms with Gasteiger partial charge in [-0.2, -0.15) is 0 Å². The van der Waals surface area contributed by atoms with Crippen molar-refractivity contribution in [2.24, 2.45) is 0 Å². The third kappa shape index (κ3) is 2.92. The summed E-state index contributed by atoms with van der Waals surface area (Å²) in [6.45, 7) is 1.69. The molecule has 0 radical (unpaired) electrons. The molecule has 0 bridgehead atoms. The van der Waals surface area contributed by atoms with Crippen molar-refractivity contribution in [2.45, 2.75) is 17.6 Å². The summed E-state index contributed by atoms with van der Waals surface area (Å²) in [4.78, 5) is 11.7. The van der Waals surface area contributed by atoms with Crippen LogP contribution in [0.3, 0.4) is 0 Å². The van der Waals surface area contributed by atoms with E-state index in [0.29, 0.717) is 17.1 Å². The Morgan fingerprint density at radius 3 is 2.61 bits per heavy atom. The van der Waals surface area contributed by atoms with E-state index < -0.39 is 5.97 Å². The van der Waals surface area contributed by atoms with Gasteiger partial charge in [-0.1, -0.05) is 0 Å². The van der Waals surface area contributed by atoms with E-state index in [4.69, 9.17) is 9.52 Å². The zero-order valence-electron chi connectivity index (χ0n) is 9.64. The van der Waals surface area contributed by atoms with Crippen LogP contribution in [-0.4, -0.2) is 11.1 Å². The van der Waals surface area contributed by atoms with E-state index in [0.717, 1.165) is 4.90 Å². The molecule has 2 rings (SSSR count). The van der Waals surface area contributed by atoms with Crippen LogP contribution in [0, 0.1) is 12.7 Å². The number of hydrogen-bond acceptors (Lipinski definition) is 3. The van der Waals surface area contributed by atoms with Crippen LogP contribution in [0.15, 0.2) is 39.6 Å². The number of carboxylic acids is 1. The van der Waals surface area contributed by atoms with Gasteiger partial charge in [0, 0.05) is 10.5 Å². The third-order valence-electron chi connectivity index (χ3n) is 2.36. The molecule has 0 aliphatic rings. The van der Waals surface area contributed by atoms with Gasteiger partial charge in [-0.05, 0) is 37.3 Å². The van der Waals surface area contributed by atoms with Crippen LogP contribution in [0.2, 0.25) is 0 Å². The Morgan fingerprint density at radius 2 is 2.06 bits per heavy atom. The predicted molar refractivity (Wildman–Crippen MR) is 66.4 cm³/mol. The quantitative estimate of drug-likeness (QED) is 0.857. The Bertz CT molecular complexity index is 560. The third-order valence-corrected chi connectivity index (χ3v) is 3.39. The van der Waals surface area contributed by atoms with Crippen LogP contribution in [0.1, 0.15) is 21.9 Å². The van der Waals surface area contributed by atoms with Crippen LogP contribution in [-0.2, 0) is 5.75 Å². The van der Waals surface area contributed by atoms with Crippen molar-refractivity contribution in [1.29, 1.82) is 0 Å². The lowest BCUT2D eigenvalue weighted by Gasteiger charge is -1.98. The zero-order chi connectivity index (χ0) is 13.1. The van der Waals surface area contributed by atoms with Gasteiger partial charge in [0.15, 0.2) is 0 Å². The minimum absolute atomic E-state index is 0.0234. The van der Waals surface area contributed by atoms with Crippen molar-refractivity contribution in [3.05, 3.63) is 53.2 Å². The summed E-state index contributed by atoms with van der Waals surface area (Å²) >= 11 is 1.46. The predicted octanol–water partition coefficient (Wildman–Crippen LogP) is 3.72. The number of thioether (sulfide) groups is 1. The van der Waals surface area contributed by atoms with E-state index in [1.807, 2.05) is 0 Å². The van der Waals surface area contributed by atoms with Gasteiger partial charge in [0.25, 0.3) is 0 Å². The molecule has 0 unspecified atom stereocenters. The molecule has 3 nitrogen and oxygen atoms in total. The van der Waals surface area contributed by atoms with Gasteiger partial charge in [0.1, 0.15) is 11.6 Å². The van der Waals surface area contributed by atoms with E-state index in [1.54, 1.807) is 25.1 Å². The molecule has 0 saturated heterocycles. The maximum atomic E-state index is 12.7. The number of benzene rings is 1. The summed E-state index contributed by atoms with van der Waals surface area (Å²) < 4.78 is 17.9. The standard InChI is InChI=1S/C13H11FO3S/c1-8-6-10(17-12(8)13(15)16)7-18-11-4-2-9(14)3-5-11/h2-6H,7H2,1H3,(H,15,16). The van der Waals surface area contributed by atoms with Crippen molar-refractivity contribution in [3.8, 4) is 0 Å². The average molecular weight is 266 g/mol. The zero-order valence-corrected chi connectivity index (χ0v) is 10.5. The number of carboxylic acid groups (broad SMARTS) is 1. The summed E-state index contributed by atoms with van der Waals surface area (Å²) in [6, 6.07) is 7.83. The SMILES string of the molecule is Cc1cc(CSc2ccc(F)cc2)oc1C(=O)O. The van der Waals surface area contributed by atoms with E-state index in [2.05, 4.69) is 0 Å². The van der Waals surface area contributed by atoms with Crippen molar-refractivity contribution < 1.29 is 18.7 Å². The first-order chi connectivity index (χ1) is 8.56. The van der Waals surface area contributed by atoms with Crippen molar-refractivity contribution in [1.82, 2.24) is 0 Å². The van der Waals surface area contributed by atoms with Gasteiger partial charge < -0.3 is 9.52 Å². The number of aromatic carboxylic acids is 1. The van der Waals surface area contributed by atoms with Gasteiger partial charge in [-0.15, -0.1) is 11.8 Å². The molecule has 1 aromatic carbocycles. The Balaban J connectivity index is 2.04. The second-order valence-corrected chi connectivity index (χ2v) is 4.82. The number of halogens is 1. The topological polar surface area (TPSA) is 50.4 Å². The lowest BCUT2D eigenvalue weighted by atomic mass is 10.3. The monoisotopic (exact) mass is 266 g/mol. The lowest BCUT2D eigenvalue weighted by Crippen LogP contribution is -1.94. The highest BCUT2D eigenvalue weighted by Crippen LogP contribution is 2.25. The van der Waals surface area contributed by atoms with Crippen LogP contribution in [0.25, 0.3) is 0 Å². The van der Waals surface area contributed by atoms with Crippen LogP contribution < -0.4 is 0 Å². The number of aryl methyl sites for hydroxylation is 1. The second kappa shape index (κ2) is 5.27. The average Bonchev–Trinajstić information content (AvgIpc) is 2.70. The van der Waals surface area contributed by atoms with E-state index >= 15 is 0 Å². The van der Waals surface area contributed by atoms with Crippen molar-refractivity contribution in [3.63, 3.8) is 0 Å². The van der Waals surface area contributed by atoms with Crippen LogP contribution >= 0.6 is 11.8 Å². The summed E-state index contributed by atoms with van der Waals surface area (Å²) in [6.07, 6.45) is 0. The number of rotatable bonds is 4. The number of furan rings is 1. The summed E-state index contributed by atoms with van der Waals surface area (Å²) in [5.74, 6) is -0.254. The molecule has 0 atom stereocenters. The molecule has 5 heteroatoms. The molecule has 0 saturated carbocycles. The van der Waals surface area contributed by atoms with Crippen molar-refractivity contribution >= 4 is 17.7 Å². The molecule has 0 spiro atoms. The molecule has 1 aromatic heterocycles. The fourth-order valence-corrected chi connectivity index (χ4v) is 2.30. The second-order valence-electron chi connectivity index (χ2n) is 3.77. The highest BCUT2D eigenvalue weighted by Gasteiger charge is 2.14. The first kappa shape index (κ1) is 12.7. The molecule has 0 aliphatic carbocycles. The molecule has 0 aliphatic heterocycles. The molecule has 94 valence electrons. The fourth-order valence-electron chi connectivity index (χ4n) is 1.52. The van der Waals surface area contributed by atoms with E-state index in [1.165, 1.54) is 23.9 Å². The van der Waals surface area contributed by atoms with Gasteiger partial charge >= 0.3 is 5.97 Å². The minimum Gasteiger partial charge on any atom is -0.475 e. The van der Waals surface area contributed by atoms with Gasteiger partial charge in [0.2, 0.25) is 5.76 Å². The van der Waals surface area contributed by atoms with E-state index in [-0.39, 0.29) is 11.6 Å². The summed E-state index contributed by atoms with van der Waals surface area (Å²) in [7, 11) is 0. The van der Waals surface area contributed by atoms with Crippen molar-refractivity contribution in [2.75, 3.05) is 0 Å². The van der Waals surface area contributed by atoms with E-state index in [9.17, 15) is 9.18 Å².